The van der Waals surface area contributed by atoms with E-state index in [4.69, 9.17) is 4.42 Å². The van der Waals surface area contributed by atoms with Crippen molar-refractivity contribution in [3.63, 3.8) is 0 Å². The maximum atomic E-state index is 13.6. The van der Waals surface area contributed by atoms with Crippen LogP contribution in [0.3, 0.4) is 0 Å². The molecule has 234 valence electrons. The van der Waals surface area contributed by atoms with Crippen molar-refractivity contribution in [2.24, 2.45) is 5.92 Å². The summed E-state index contributed by atoms with van der Waals surface area (Å²) in [5, 5.41) is 10.8. The number of thiazole rings is 1. The van der Waals surface area contributed by atoms with E-state index in [0.29, 0.717) is 22.9 Å². The molecular formula is C31H34N8O5S. The molecule has 0 radical (unpaired) electrons. The summed E-state index contributed by atoms with van der Waals surface area (Å²) >= 11 is 1.26. The van der Waals surface area contributed by atoms with Crippen LogP contribution in [0.15, 0.2) is 52.5 Å². The molecule has 4 amide bonds. The molecule has 45 heavy (non-hydrogen) atoms. The molecule has 14 heteroatoms. The summed E-state index contributed by atoms with van der Waals surface area (Å²) in [5.74, 6) is -1.39. The van der Waals surface area contributed by atoms with Gasteiger partial charge in [-0.2, -0.15) is 0 Å². The fourth-order valence-corrected chi connectivity index (χ4v) is 5.93. The molecule has 5 rings (SSSR count). The summed E-state index contributed by atoms with van der Waals surface area (Å²) in [5.41, 5.74) is 1.86. The second-order valence-corrected chi connectivity index (χ2v) is 12.0. The fraction of sp³-hybridized carbons (Fsp3) is 0.355. The van der Waals surface area contributed by atoms with Gasteiger partial charge in [0.1, 0.15) is 34.5 Å². The van der Waals surface area contributed by atoms with E-state index in [1.807, 2.05) is 44.2 Å². The molecule has 0 fully saturated rings. The lowest BCUT2D eigenvalue weighted by Gasteiger charge is -2.25. The van der Waals surface area contributed by atoms with Crippen LogP contribution in [0.25, 0.3) is 0 Å². The third-order valence-electron chi connectivity index (χ3n) is 7.12. The van der Waals surface area contributed by atoms with Crippen LogP contribution in [-0.4, -0.2) is 68.1 Å². The molecule has 13 nitrogen and oxygen atoms in total. The van der Waals surface area contributed by atoms with Crippen LogP contribution in [0.2, 0.25) is 0 Å². The van der Waals surface area contributed by atoms with Gasteiger partial charge in [0.05, 0.1) is 12.6 Å². The highest BCUT2D eigenvalue weighted by Crippen LogP contribution is 2.26. The number of oxazole rings is 1. The minimum Gasteiger partial charge on any atom is -0.446 e. The Morgan fingerprint density at radius 2 is 1.80 bits per heavy atom. The van der Waals surface area contributed by atoms with Gasteiger partial charge in [-0.3, -0.25) is 19.2 Å². The molecule has 0 aliphatic carbocycles. The quantitative estimate of drug-likeness (QED) is 0.307. The first kappa shape index (κ1) is 31.4. The Balaban J connectivity index is 1.48. The molecule has 1 aromatic carbocycles. The summed E-state index contributed by atoms with van der Waals surface area (Å²) in [4.78, 5) is 72.1. The summed E-state index contributed by atoms with van der Waals surface area (Å²) in [6.45, 7) is 7.04. The zero-order valence-electron chi connectivity index (χ0n) is 25.4. The van der Waals surface area contributed by atoms with E-state index in [9.17, 15) is 19.2 Å². The third-order valence-corrected chi connectivity index (χ3v) is 8.05. The second-order valence-electron chi connectivity index (χ2n) is 11.1. The molecule has 4 bridgehead atoms. The number of carbonyl (C=O) groups excluding carboxylic acids is 4. The lowest BCUT2D eigenvalue weighted by Crippen LogP contribution is -2.46. The molecule has 0 saturated heterocycles. The molecule has 2 atom stereocenters. The highest BCUT2D eigenvalue weighted by Gasteiger charge is 2.29. The number of benzene rings is 1. The van der Waals surface area contributed by atoms with Crippen LogP contribution in [-0.2, 0) is 11.2 Å². The Hall–Kier alpha value is -4.98. The van der Waals surface area contributed by atoms with Crippen LogP contribution < -0.4 is 16.0 Å². The highest BCUT2D eigenvalue weighted by atomic mass is 32.1. The molecule has 3 aromatic heterocycles. The van der Waals surface area contributed by atoms with Gasteiger partial charge < -0.3 is 25.3 Å². The lowest BCUT2D eigenvalue weighted by molar-refractivity contribution is -0.122. The number of aryl methyl sites for hydroxylation is 2. The Bertz CT molecular complexity index is 1680. The average molecular weight is 631 g/mol. The number of amides is 4. The fourth-order valence-electron chi connectivity index (χ4n) is 4.91. The van der Waals surface area contributed by atoms with Crippen LogP contribution in [0.4, 0.5) is 0 Å². The predicted octanol–water partition coefficient (Wildman–Crippen LogP) is 2.95. The van der Waals surface area contributed by atoms with Crippen molar-refractivity contribution >= 4 is 35.0 Å². The summed E-state index contributed by atoms with van der Waals surface area (Å²) in [6, 6.07) is 9.85. The lowest BCUT2D eigenvalue weighted by atomic mass is 10.0. The maximum Gasteiger partial charge on any atom is 0.273 e. The van der Waals surface area contributed by atoms with Crippen molar-refractivity contribution < 1.29 is 23.6 Å². The number of aromatic nitrogens is 4. The molecule has 0 spiro atoms. The Morgan fingerprint density at radius 1 is 1.02 bits per heavy atom. The van der Waals surface area contributed by atoms with Gasteiger partial charge >= 0.3 is 0 Å². The van der Waals surface area contributed by atoms with Gasteiger partial charge in [-0.25, -0.2) is 19.9 Å². The molecule has 3 N–H and O–H groups in total. The van der Waals surface area contributed by atoms with E-state index in [1.165, 1.54) is 22.5 Å². The van der Waals surface area contributed by atoms with E-state index >= 15 is 0 Å². The number of hydrogen-bond donors (Lipinski definition) is 3. The van der Waals surface area contributed by atoms with Crippen LogP contribution in [0, 0.1) is 19.8 Å². The molecule has 0 unspecified atom stereocenters. The first-order chi connectivity index (χ1) is 21.6. The van der Waals surface area contributed by atoms with Gasteiger partial charge in [0.2, 0.25) is 11.8 Å². The SMILES string of the molecule is Cc1cc(C(=O)N2CCNC(=O)c3coc(n3)[C@H](Cc3ccccc3)NC(=O)c3csc(n3)[C@H](C(C)C)NC(=O)C2)nc(C)n1. The van der Waals surface area contributed by atoms with E-state index in [1.54, 1.807) is 25.3 Å². The molecule has 0 saturated carbocycles. The van der Waals surface area contributed by atoms with Gasteiger partial charge in [-0.15, -0.1) is 11.3 Å². The first-order valence-corrected chi connectivity index (χ1v) is 15.4. The van der Waals surface area contributed by atoms with E-state index in [2.05, 4.69) is 35.9 Å². The normalized spacial score (nSPS) is 18.1. The van der Waals surface area contributed by atoms with Crippen molar-refractivity contribution in [2.75, 3.05) is 19.6 Å². The number of carbonyl (C=O) groups is 4. The van der Waals surface area contributed by atoms with Gasteiger partial charge in [-0.05, 0) is 31.4 Å². The van der Waals surface area contributed by atoms with Crippen LogP contribution in [0.1, 0.15) is 85.4 Å². The predicted molar refractivity (Wildman–Crippen MR) is 164 cm³/mol. The monoisotopic (exact) mass is 630 g/mol. The number of nitrogens with zero attached hydrogens (tertiary/aromatic N) is 5. The molecule has 4 heterocycles. The van der Waals surface area contributed by atoms with Crippen molar-refractivity contribution in [3.05, 3.63) is 93.1 Å². The number of hydrogen-bond acceptors (Lipinski definition) is 10. The highest BCUT2D eigenvalue weighted by molar-refractivity contribution is 7.09. The van der Waals surface area contributed by atoms with Crippen LogP contribution in [0.5, 0.6) is 0 Å². The summed E-state index contributed by atoms with van der Waals surface area (Å²) in [7, 11) is 0. The van der Waals surface area contributed by atoms with Crippen LogP contribution >= 0.6 is 11.3 Å². The smallest absolute Gasteiger partial charge is 0.273 e. The van der Waals surface area contributed by atoms with E-state index < -0.39 is 35.7 Å². The maximum absolute atomic E-state index is 13.6. The average Bonchev–Trinajstić information content (AvgIpc) is 3.69. The van der Waals surface area contributed by atoms with E-state index in [0.717, 1.165) is 5.56 Å². The Kier molecular flexibility index (Phi) is 9.62. The van der Waals surface area contributed by atoms with Gasteiger partial charge in [0.25, 0.3) is 17.7 Å². The largest absolute Gasteiger partial charge is 0.446 e. The molecule has 4 aromatic rings. The molecule has 1 aliphatic rings. The Morgan fingerprint density at radius 3 is 2.53 bits per heavy atom. The summed E-state index contributed by atoms with van der Waals surface area (Å²) in [6.07, 6.45) is 1.58. The molecular weight excluding hydrogens is 596 g/mol. The van der Waals surface area contributed by atoms with Gasteiger partial charge in [0, 0.05) is 30.6 Å². The van der Waals surface area contributed by atoms with Crippen molar-refractivity contribution in [1.29, 1.82) is 0 Å². The zero-order chi connectivity index (χ0) is 32.1. The minimum atomic E-state index is -0.695. The molecule has 1 aliphatic heterocycles. The zero-order valence-corrected chi connectivity index (χ0v) is 26.2. The standard InChI is InChI=1S/C31H34N8O5S/c1-17(2)26-30-37-24(16-45-30)28(42)35-21(13-20-8-6-5-7-9-20)29-36-23(15-44-29)27(41)32-10-11-39(14-25(40)38-26)31(43)22-12-18(3)33-19(4)34-22/h5-9,12,15-17,21,26H,10-11,13-14H2,1-4H3,(H,32,41)(H,35,42)(H,38,40)/t21-,26-/m0/s1. The van der Waals surface area contributed by atoms with Crippen molar-refractivity contribution in [3.8, 4) is 0 Å². The number of nitrogens with one attached hydrogen (secondary N) is 3. The number of rotatable bonds is 4. The first-order valence-electron chi connectivity index (χ1n) is 14.5. The van der Waals surface area contributed by atoms with E-state index in [-0.39, 0.29) is 48.5 Å². The second kappa shape index (κ2) is 13.8. The van der Waals surface area contributed by atoms with Crippen molar-refractivity contribution in [1.82, 2.24) is 40.8 Å². The minimum absolute atomic E-state index is 0.00631. The number of fused-ring (bicyclic) bond motifs is 4. The van der Waals surface area contributed by atoms with Crippen molar-refractivity contribution in [2.45, 2.75) is 46.2 Å². The Labute approximate surface area is 263 Å². The van der Waals surface area contributed by atoms with Gasteiger partial charge in [0.15, 0.2) is 5.69 Å². The van der Waals surface area contributed by atoms with Gasteiger partial charge in [-0.1, -0.05) is 44.2 Å². The summed E-state index contributed by atoms with van der Waals surface area (Å²) < 4.78 is 5.69. The third kappa shape index (κ3) is 7.76. The topological polar surface area (TPSA) is 172 Å².